The molecule has 0 atom stereocenters. The van der Waals surface area contributed by atoms with Crippen LogP contribution in [0.2, 0.25) is 5.02 Å². The van der Waals surface area contributed by atoms with Gasteiger partial charge in [0.1, 0.15) is 0 Å². The highest BCUT2D eigenvalue weighted by molar-refractivity contribution is 7.89. The van der Waals surface area contributed by atoms with Crippen LogP contribution in [-0.4, -0.2) is 67.5 Å². The first-order chi connectivity index (χ1) is 14.3. The molecule has 2 aliphatic rings. The van der Waals surface area contributed by atoms with Crippen LogP contribution < -0.4 is 5.32 Å². The lowest BCUT2D eigenvalue weighted by Gasteiger charge is -2.50. The first kappa shape index (κ1) is 23.5. The summed E-state index contributed by atoms with van der Waals surface area (Å²) in [4.78, 5) is 15.3. The van der Waals surface area contributed by atoms with Crippen LogP contribution in [0.25, 0.3) is 0 Å². The minimum Gasteiger partial charge on any atom is -0.350 e. The van der Waals surface area contributed by atoms with Crippen molar-refractivity contribution < 1.29 is 13.2 Å². The molecular formula is C22H34ClN3O3S. The van der Waals surface area contributed by atoms with Crippen molar-refractivity contribution >= 4 is 27.5 Å². The van der Waals surface area contributed by atoms with Gasteiger partial charge in [0, 0.05) is 25.2 Å². The third-order valence-electron chi connectivity index (χ3n) is 6.48. The zero-order chi connectivity index (χ0) is 21.8. The Bertz CT molecular complexity index is 845. The van der Waals surface area contributed by atoms with Gasteiger partial charge in [-0.3, -0.25) is 9.69 Å². The predicted octanol–water partition coefficient (Wildman–Crippen LogP) is 3.44. The van der Waals surface area contributed by atoms with Gasteiger partial charge in [-0.05, 0) is 69.8 Å². The minimum atomic E-state index is -3.19. The lowest BCUT2D eigenvalue weighted by molar-refractivity contribution is 0.0243. The third-order valence-corrected chi connectivity index (χ3v) is 8.87. The average molecular weight is 456 g/mol. The van der Waals surface area contributed by atoms with Crippen molar-refractivity contribution in [3.63, 3.8) is 0 Å². The first-order valence-corrected chi connectivity index (χ1v) is 13.0. The first-order valence-electron chi connectivity index (χ1n) is 11.0. The maximum Gasteiger partial charge on any atom is 0.252 e. The zero-order valence-corrected chi connectivity index (χ0v) is 19.7. The Labute approximate surface area is 186 Å². The second kappa shape index (κ2) is 9.98. The van der Waals surface area contributed by atoms with Crippen molar-refractivity contribution in [2.45, 2.75) is 57.9 Å². The Morgan fingerprint density at radius 2 is 1.80 bits per heavy atom. The number of piperidine rings is 2. The molecule has 2 aliphatic heterocycles. The summed E-state index contributed by atoms with van der Waals surface area (Å²) < 4.78 is 26.7. The van der Waals surface area contributed by atoms with Crippen LogP contribution in [0.5, 0.6) is 0 Å². The number of nitrogens with one attached hydrogen (secondary N) is 1. The molecule has 2 saturated heterocycles. The van der Waals surface area contributed by atoms with Crippen LogP contribution in [0.15, 0.2) is 18.2 Å². The second-order valence-electron chi connectivity index (χ2n) is 8.65. The molecule has 0 radical (unpaired) electrons. The van der Waals surface area contributed by atoms with E-state index in [-0.39, 0.29) is 17.2 Å². The number of rotatable bonds is 7. The third kappa shape index (κ3) is 5.36. The molecule has 0 saturated carbocycles. The minimum absolute atomic E-state index is 0.169. The number of likely N-dealkylation sites (tertiary alicyclic amines) is 1. The van der Waals surface area contributed by atoms with Crippen LogP contribution in [0.4, 0.5) is 0 Å². The van der Waals surface area contributed by atoms with Crippen molar-refractivity contribution in [3.05, 3.63) is 34.3 Å². The molecule has 3 rings (SSSR count). The number of carbonyl (C=O) groups excluding carboxylic acids is 1. The Morgan fingerprint density at radius 1 is 1.13 bits per heavy atom. The van der Waals surface area contributed by atoms with Crippen molar-refractivity contribution in [2.75, 3.05) is 38.5 Å². The molecule has 2 fully saturated rings. The monoisotopic (exact) mass is 455 g/mol. The van der Waals surface area contributed by atoms with E-state index in [1.54, 1.807) is 16.4 Å². The Kier molecular flexibility index (Phi) is 7.82. The standard InChI is InChI=1S/C22H34ClN3O3S/c1-3-15-30(28,29)26-13-9-22(10-14-26,25-11-5-4-6-12-25)17-24-21(27)19-8-7-18(2)16-20(19)23/h7-8,16H,3-6,9-15,17H2,1-2H3,(H,24,27). The molecule has 1 amide bonds. The molecule has 8 heteroatoms. The summed E-state index contributed by atoms with van der Waals surface area (Å²) in [5, 5.41) is 3.57. The van der Waals surface area contributed by atoms with E-state index in [0.717, 1.165) is 44.3 Å². The molecule has 0 aliphatic carbocycles. The molecule has 2 heterocycles. The Morgan fingerprint density at radius 3 is 2.40 bits per heavy atom. The predicted molar refractivity (Wildman–Crippen MR) is 122 cm³/mol. The summed E-state index contributed by atoms with van der Waals surface area (Å²) in [5.74, 6) is 0.0317. The SMILES string of the molecule is CCCS(=O)(=O)N1CCC(CNC(=O)c2ccc(C)cc2Cl)(N2CCCCC2)CC1. The number of amides is 1. The number of hydrogen-bond acceptors (Lipinski definition) is 4. The number of sulfonamides is 1. The van der Waals surface area contributed by atoms with E-state index in [9.17, 15) is 13.2 Å². The maximum absolute atomic E-state index is 12.8. The van der Waals surface area contributed by atoms with E-state index in [1.165, 1.54) is 6.42 Å². The molecule has 1 N–H and O–H groups in total. The van der Waals surface area contributed by atoms with Gasteiger partial charge in [0.15, 0.2) is 0 Å². The van der Waals surface area contributed by atoms with Crippen molar-refractivity contribution in [3.8, 4) is 0 Å². The molecule has 0 bridgehead atoms. The van der Waals surface area contributed by atoms with E-state index >= 15 is 0 Å². The van der Waals surface area contributed by atoms with Crippen molar-refractivity contribution in [1.29, 1.82) is 0 Å². The Hall–Kier alpha value is -1.15. The van der Waals surface area contributed by atoms with Gasteiger partial charge in [-0.25, -0.2) is 12.7 Å². The molecule has 1 aromatic rings. The summed E-state index contributed by atoms with van der Waals surface area (Å²) in [5.41, 5.74) is 1.30. The van der Waals surface area contributed by atoms with Gasteiger partial charge in [-0.15, -0.1) is 0 Å². The fourth-order valence-corrected chi connectivity index (χ4v) is 6.52. The molecular weight excluding hydrogens is 422 g/mol. The number of hydrogen-bond donors (Lipinski definition) is 1. The number of carbonyl (C=O) groups is 1. The molecule has 0 aromatic heterocycles. The summed E-state index contributed by atoms with van der Waals surface area (Å²) in [7, 11) is -3.19. The quantitative estimate of drug-likeness (QED) is 0.683. The summed E-state index contributed by atoms with van der Waals surface area (Å²) >= 11 is 6.28. The van der Waals surface area contributed by atoms with Gasteiger partial charge in [-0.1, -0.05) is 31.0 Å². The number of benzene rings is 1. The highest BCUT2D eigenvalue weighted by Crippen LogP contribution is 2.32. The van der Waals surface area contributed by atoms with Gasteiger partial charge in [0.25, 0.3) is 5.91 Å². The molecule has 168 valence electrons. The number of nitrogens with zero attached hydrogens (tertiary/aromatic N) is 2. The number of aryl methyl sites for hydroxylation is 1. The van der Waals surface area contributed by atoms with E-state index in [4.69, 9.17) is 11.6 Å². The van der Waals surface area contributed by atoms with Crippen molar-refractivity contribution in [1.82, 2.24) is 14.5 Å². The van der Waals surface area contributed by atoms with Crippen LogP contribution in [0.1, 0.15) is 61.4 Å². The largest absolute Gasteiger partial charge is 0.350 e. The van der Waals surface area contributed by atoms with Gasteiger partial charge < -0.3 is 5.32 Å². The average Bonchev–Trinajstić information content (AvgIpc) is 2.73. The normalized spacial score (nSPS) is 20.8. The van der Waals surface area contributed by atoms with Crippen molar-refractivity contribution in [2.24, 2.45) is 0 Å². The van der Waals surface area contributed by atoms with Gasteiger partial charge in [-0.2, -0.15) is 0 Å². The summed E-state index contributed by atoms with van der Waals surface area (Å²) in [6, 6.07) is 5.45. The smallest absolute Gasteiger partial charge is 0.252 e. The topological polar surface area (TPSA) is 69.7 Å². The fourth-order valence-electron chi connectivity index (χ4n) is 4.69. The van der Waals surface area contributed by atoms with Crippen LogP contribution in [-0.2, 0) is 10.0 Å². The van der Waals surface area contributed by atoms with Gasteiger partial charge in [0.05, 0.1) is 16.3 Å². The molecule has 30 heavy (non-hydrogen) atoms. The van der Waals surface area contributed by atoms with Gasteiger partial charge >= 0.3 is 0 Å². The molecule has 6 nitrogen and oxygen atoms in total. The van der Waals surface area contributed by atoms with E-state index in [2.05, 4.69) is 10.2 Å². The Balaban J connectivity index is 1.73. The molecule has 0 unspecified atom stereocenters. The number of halogens is 1. The van der Waals surface area contributed by atoms with E-state index in [0.29, 0.717) is 36.6 Å². The second-order valence-corrected chi connectivity index (χ2v) is 11.1. The van der Waals surface area contributed by atoms with Gasteiger partial charge in [0.2, 0.25) is 10.0 Å². The summed E-state index contributed by atoms with van der Waals surface area (Å²) in [6.45, 7) is 7.38. The van der Waals surface area contributed by atoms with E-state index < -0.39 is 10.0 Å². The fraction of sp³-hybridized carbons (Fsp3) is 0.682. The van der Waals surface area contributed by atoms with E-state index in [1.807, 2.05) is 19.9 Å². The van der Waals surface area contributed by atoms with Crippen LogP contribution >= 0.6 is 11.6 Å². The van der Waals surface area contributed by atoms with Crippen LogP contribution in [0.3, 0.4) is 0 Å². The lowest BCUT2D eigenvalue weighted by atomic mass is 9.84. The lowest BCUT2D eigenvalue weighted by Crippen LogP contribution is -2.62. The summed E-state index contributed by atoms with van der Waals surface area (Å²) in [6.07, 6.45) is 5.63. The molecule has 0 spiro atoms. The highest BCUT2D eigenvalue weighted by Gasteiger charge is 2.42. The molecule has 1 aromatic carbocycles. The highest BCUT2D eigenvalue weighted by atomic mass is 35.5. The maximum atomic E-state index is 12.8. The van der Waals surface area contributed by atoms with Crippen LogP contribution in [0, 0.1) is 6.92 Å². The zero-order valence-electron chi connectivity index (χ0n) is 18.1.